The number of halogens is 1. The smallest absolute Gasteiger partial charge is 0.128 e. The molecular weight excluding hydrogens is 395 g/mol. The minimum atomic E-state index is -0.241. The van der Waals surface area contributed by atoms with E-state index < -0.39 is 0 Å². The molecule has 0 spiro atoms. The molecule has 0 N–H and O–H groups in total. The van der Waals surface area contributed by atoms with E-state index in [1.54, 1.807) is 6.08 Å². The molecule has 2 heterocycles. The second-order valence-corrected chi connectivity index (χ2v) is 9.10. The van der Waals surface area contributed by atoms with E-state index in [1.165, 1.54) is 22.4 Å². The van der Waals surface area contributed by atoms with Gasteiger partial charge in [0, 0.05) is 18.4 Å². The van der Waals surface area contributed by atoms with Gasteiger partial charge >= 0.3 is 0 Å². The van der Waals surface area contributed by atoms with Crippen molar-refractivity contribution in [3.63, 3.8) is 0 Å². The van der Waals surface area contributed by atoms with Crippen molar-refractivity contribution in [1.82, 2.24) is 4.90 Å². The summed E-state index contributed by atoms with van der Waals surface area (Å²) in [5, 5.41) is 0. The lowest BCUT2D eigenvalue weighted by Gasteiger charge is -2.37. The maximum Gasteiger partial charge on any atom is 0.128 e. The molecule has 0 amide bonds. The average Bonchev–Trinajstić information content (AvgIpc) is 3.22. The van der Waals surface area contributed by atoms with Crippen molar-refractivity contribution in [2.45, 2.75) is 77.4 Å². The van der Waals surface area contributed by atoms with E-state index in [9.17, 15) is 0 Å². The minimum absolute atomic E-state index is 0.0134. The monoisotopic (exact) mass is 432 g/mol. The molecule has 3 heteroatoms. The van der Waals surface area contributed by atoms with E-state index in [0.717, 1.165) is 25.7 Å². The lowest BCUT2D eigenvalue weighted by Crippen LogP contribution is -2.31. The number of fused-ring (bicyclic) bond motifs is 1. The molecule has 2 aliphatic rings. The van der Waals surface area contributed by atoms with Crippen molar-refractivity contribution in [2.75, 3.05) is 11.4 Å². The van der Waals surface area contributed by atoms with Gasteiger partial charge in [0.25, 0.3) is 0 Å². The van der Waals surface area contributed by atoms with E-state index in [4.69, 9.17) is 0 Å². The normalized spacial score (nSPS) is 20.3. The molecule has 4 rings (SSSR count). The van der Waals surface area contributed by atoms with Crippen molar-refractivity contribution < 1.29 is 4.39 Å². The highest BCUT2D eigenvalue weighted by Crippen LogP contribution is 2.47. The van der Waals surface area contributed by atoms with Crippen LogP contribution in [-0.4, -0.2) is 17.5 Å². The lowest BCUT2D eigenvalue weighted by atomic mass is 9.84. The largest absolute Gasteiger partial charge is 0.344 e. The highest BCUT2D eigenvalue weighted by Gasteiger charge is 2.43. The van der Waals surface area contributed by atoms with Crippen LogP contribution in [0.1, 0.15) is 88.1 Å². The summed E-state index contributed by atoms with van der Waals surface area (Å²) >= 11 is 0. The molecule has 2 aliphatic heterocycles. The third-order valence-corrected chi connectivity index (χ3v) is 7.47. The number of anilines is 1. The number of benzene rings is 2. The van der Waals surface area contributed by atoms with Gasteiger partial charge in [0.1, 0.15) is 18.0 Å². The van der Waals surface area contributed by atoms with Crippen molar-refractivity contribution in [2.24, 2.45) is 0 Å². The van der Waals surface area contributed by atoms with Crippen molar-refractivity contribution >= 4 is 5.69 Å². The van der Waals surface area contributed by atoms with Crippen LogP contribution in [0.2, 0.25) is 0 Å². The van der Waals surface area contributed by atoms with Gasteiger partial charge in [-0.3, -0.25) is 0 Å². The topological polar surface area (TPSA) is 6.48 Å². The summed E-state index contributed by atoms with van der Waals surface area (Å²) in [6.07, 6.45) is 9.98. The molecule has 0 aliphatic carbocycles. The Morgan fingerprint density at radius 3 is 2.00 bits per heavy atom. The molecule has 2 atom stereocenters. The Balaban J connectivity index is 1.93. The van der Waals surface area contributed by atoms with Crippen molar-refractivity contribution in [3.05, 3.63) is 89.4 Å². The first-order valence-electron chi connectivity index (χ1n) is 12.4. The van der Waals surface area contributed by atoms with Crippen molar-refractivity contribution in [1.29, 1.82) is 0 Å². The predicted molar refractivity (Wildman–Crippen MR) is 134 cm³/mol. The Bertz CT molecular complexity index is 926. The Kier molecular flexibility index (Phi) is 7.03. The van der Waals surface area contributed by atoms with Gasteiger partial charge in [-0.2, -0.15) is 0 Å². The van der Waals surface area contributed by atoms with Crippen LogP contribution >= 0.6 is 0 Å². The van der Waals surface area contributed by atoms with E-state index in [-0.39, 0.29) is 18.0 Å². The zero-order chi connectivity index (χ0) is 22.7. The second-order valence-electron chi connectivity index (χ2n) is 9.10. The molecule has 170 valence electrons. The Labute approximate surface area is 193 Å². The quantitative estimate of drug-likeness (QED) is 0.416. The third kappa shape index (κ3) is 3.98. The van der Waals surface area contributed by atoms with Gasteiger partial charge in [-0.1, -0.05) is 76.2 Å². The van der Waals surface area contributed by atoms with Crippen molar-refractivity contribution in [3.8, 4) is 0 Å². The Morgan fingerprint density at radius 1 is 0.844 bits per heavy atom. The fourth-order valence-electron chi connectivity index (χ4n) is 5.69. The van der Waals surface area contributed by atoms with Gasteiger partial charge in [-0.05, 0) is 66.4 Å². The van der Waals surface area contributed by atoms with Gasteiger partial charge in [-0.15, -0.1) is 0 Å². The molecule has 2 unspecified atom stereocenters. The van der Waals surface area contributed by atoms with Crippen LogP contribution in [0.3, 0.4) is 0 Å². The SMILES string of the molecule is CCC(CC)c1cccc(C(CC)CC)c1N1CC2C(F)=CC=CN2C1c1ccccc1. The summed E-state index contributed by atoms with van der Waals surface area (Å²) in [5.41, 5.74) is 5.41. The molecular formula is C29H37FN2. The average molecular weight is 433 g/mol. The molecule has 0 bridgehead atoms. The number of nitrogens with zero attached hydrogens (tertiary/aromatic N) is 2. The van der Waals surface area contributed by atoms with Gasteiger partial charge in [0.2, 0.25) is 0 Å². The van der Waals surface area contributed by atoms with Crippen LogP contribution in [-0.2, 0) is 0 Å². The fraction of sp³-hybridized carbons (Fsp3) is 0.448. The van der Waals surface area contributed by atoms with Crippen LogP contribution in [0.15, 0.2) is 72.7 Å². The summed E-state index contributed by atoms with van der Waals surface area (Å²) in [6, 6.07) is 17.2. The van der Waals surface area contributed by atoms with E-state index >= 15 is 4.39 Å². The van der Waals surface area contributed by atoms with E-state index in [2.05, 4.69) is 92.2 Å². The second kappa shape index (κ2) is 9.94. The summed E-state index contributed by atoms with van der Waals surface area (Å²) in [4.78, 5) is 4.72. The molecule has 1 saturated heterocycles. The van der Waals surface area contributed by atoms with Gasteiger partial charge < -0.3 is 9.80 Å². The highest BCUT2D eigenvalue weighted by molar-refractivity contribution is 5.65. The minimum Gasteiger partial charge on any atom is -0.344 e. The first-order chi connectivity index (χ1) is 15.6. The first-order valence-corrected chi connectivity index (χ1v) is 12.4. The molecule has 0 aromatic heterocycles. The summed E-state index contributed by atoms with van der Waals surface area (Å²) < 4.78 is 15.0. The number of para-hydroxylation sites is 1. The molecule has 2 aromatic rings. The number of hydrogen-bond acceptors (Lipinski definition) is 2. The zero-order valence-corrected chi connectivity index (χ0v) is 20.0. The van der Waals surface area contributed by atoms with Crippen LogP contribution < -0.4 is 4.90 Å². The third-order valence-electron chi connectivity index (χ3n) is 7.47. The first kappa shape index (κ1) is 22.6. The van der Waals surface area contributed by atoms with Crippen LogP contribution in [0, 0.1) is 0 Å². The summed E-state index contributed by atoms with van der Waals surface area (Å²) in [6.45, 7) is 9.81. The van der Waals surface area contributed by atoms with Gasteiger partial charge in [-0.25, -0.2) is 4.39 Å². The molecule has 32 heavy (non-hydrogen) atoms. The molecule has 2 nitrogen and oxygen atoms in total. The van der Waals surface area contributed by atoms with Crippen LogP contribution in [0.5, 0.6) is 0 Å². The number of allylic oxidation sites excluding steroid dienone is 2. The summed E-state index contributed by atoms with van der Waals surface area (Å²) in [7, 11) is 0. The summed E-state index contributed by atoms with van der Waals surface area (Å²) in [5.74, 6) is 0.966. The molecule has 2 aromatic carbocycles. The van der Waals surface area contributed by atoms with Crippen LogP contribution in [0.4, 0.5) is 10.1 Å². The fourth-order valence-corrected chi connectivity index (χ4v) is 5.69. The van der Waals surface area contributed by atoms with E-state index in [0.29, 0.717) is 18.4 Å². The van der Waals surface area contributed by atoms with E-state index in [1.807, 2.05) is 6.08 Å². The maximum absolute atomic E-state index is 15.0. The molecule has 0 saturated carbocycles. The zero-order valence-electron chi connectivity index (χ0n) is 20.0. The van der Waals surface area contributed by atoms with Gasteiger partial charge in [0.05, 0.1) is 0 Å². The maximum atomic E-state index is 15.0. The van der Waals surface area contributed by atoms with Crippen LogP contribution in [0.25, 0.3) is 0 Å². The number of rotatable bonds is 8. The molecule has 1 fully saturated rings. The predicted octanol–water partition coefficient (Wildman–Crippen LogP) is 8.06. The molecule has 0 radical (unpaired) electrons. The lowest BCUT2D eigenvalue weighted by molar-refractivity contribution is 0.277. The Morgan fingerprint density at radius 2 is 1.44 bits per heavy atom. The standard InChI is InChI=1S/C29H37FN2/c1-5-21(6-2)24-16-12-17-25(22(7-3)8-4)28(24)32-20-27-26(30)18-13-19-31(27)29(32)23-14-10-9-11-15-23/h9-19,21-22,27,29H,5-8,20H2,1-4H3. The van der Waals surface area contributed by atoms with Gasteiger partial charge in [0.15, 0.2) is 0 Å². The number of hydrogen-bond donors (Lipinski definition) is 0. The highest BCUT2D eigenvalue weighted by atomic mass is 19.1. The Hall–Kier alpha value is -2.55.